The maximum Gasteiger partial charge on any atom is 0.303 e. The second-order valence-electron chi connectivity index (χ2n) is 3.69. The molecule has 0 aromatic rings. The molecule has 4 nitrogen and oxygen atoms in total. The number of hydrogen-bond donors (Lipinski definition) is 2. The van der Waals surface area contributed by atoms with Gasteiger partial charge in [0.25, 0.3) is 0 Å². The predicted octanol–water partition coefficient (Wildman–Crippen LogP) is 1.01. The molecule has 0 aliphatic carbocycles. The summed E-state index contributed by atoms with van der Waals surface area (Å²) in [6.45, 7) is 2.50. The largest absolute Gasteiger partial charge is 0.481 e. The number of hydrogen-bond acceptors (Lipinski definition) is 3. The fourth-order valence-corrected chi connectivity index (χ4v) is 1.65. The van der Waals surface area contributed by atoms with Gasteiger partial charge < -0.3 is 15.2 Å². The van der Waals surface area contributed by atoms with Crippen molar-refractivity contribution in [1.29, 1.82) is 0 Å². The first-order valence-electron chi connectivity index (χ1n) is 5.32. The van der Waals surface area contributed by atoms with Crippen LogP contribution in [0.4, 0.5) is 0 Å². The summed E-state index contributed by atoms with van der Waals surface area (Å²) in [5.41, 5.74) is 0. The molecule has 1 rings (SSSR count). The van der Waals surface area contributed by atoms with Gasteiger partial charge in [-0.05, 0) is 32.2 Å². The van der Waals surface area contributed by atoms with E-state index in [0.717, 1.165) is 39.0 Å². The Morgan fingerprint density at radius 1 is 1.43 bits per heavy atom. The van der Waals surface area contributed by atoms with Crippen molar-refractivity contribution in [2.75, 3.05) is 19.8 Å². The Hall–Kier alpha value is -0.610. The highest BCUT2D eigenvalue weighted by Crippen LogP contribution is 2.07. The highest BCUT2D eigenvalue weighted by molar-refractivity contribution is 5.66. The highest BCUT2D eigenvalue weighted by Gasteiger charge is 2.11. The first-order chi connectivity index (χ1) is 6.79. The minimum atomic E-state index is -0.712. The van der Waals surface area contributed by atoms with E-state index in [1.54, 1.807) is 0 Å². The van der Waals surface area contributed by atoms with Gasteiger partial charge in [-0.1, -0.05) is 0 Å². The molecule has 0 amide bonds. The number of aliphatic carboxylic acids is 1. The van der Waals surface area contributed by atoms with E-state index in [2.05, 4.69) is 5.32 Å². The van der Waals surface area contributed by atoms with E-state index in [1.807, 2.05) is 0 Å². The van der Waals surface area contributed by atoms with Crippen LogP contribution in [-0.4, -0.2) is 36.9 Å². The van der Waals surface area contributed by atoms with E-state index in [9.17, 15) is 4.79 Å². The Labute approximate surface area is 84.6 Å². The average molecular weight is 201 g/mol. The molecule has 2 N–H and O–H groups in total. The van der Waals surface area contributed by atoms with E-state index < -0.39 is 5.97 Å². The minimum Gasteiger partial charge on any atom is -0.481 e. The quantitative estimate of drug-likeness (QED) is 0.652. The van der Waals surface area contributed by atoms with Crippen molar-refractivity contribution >= 4 is 5.97 Å². The lowest BCUT2D eigenvalue weighted by Gasteiger charge is -2.14. The van der Waals surface area contributed by atoms with Crippen molar-refractivity contribution in [3.8, 4) is 0 Å². The van der Waals surface area contributed by atoms with Crippen molar-refractivity contribution in [3.63, 3.8) is 0 Å². The van der Waals surface area contributed by atoms with Gasteiger partial charge >= 0.3 is 5.97 Å². The molecular formula is C10H19NO3. The fourth-order valence-electron chi connectivity index (χ4n) is 1.65. The van der Waals surface area contributed by atoms with E-state index in [4.69, 9.17) is 9.84 Å². The maximum absolute atomic E-state index is 10.3. The average Bonchev–Trinajstić information content (AvgIpc) is 2.40. The van der Waals surface area contributed by atoms with Gasteiger partial charge in [0.15, 0.2) is 0 Å². The van der Waals surface area contributed by atoms with Gasteiger partial charge in [-0.25, -0.2) is 0 Å². The van der Waals surface area contributed by atoms with Crippen molar-refractivity contribution in [1.82, 2.24) is 5.32 Å². The fraction of sp³-hybridized carbons (Fsp3) is 0.900. The molecule has 1 fully saturated rings. The molecule has 14 heavy (non-hydrogen) atoms. The lowest BCUT2D eigenvalue weighted by atomic mass is 10.1. The van der Waals surface area contributed by atoms with Crippen LogP contribution in [0.25, 0.3) is 0 Å². The molecule has 1 saturated heterocycles. The molecular weight excluding hydrogens is 182 g/mol. The molecule has 82 valence electrons. The lowest BCUT2D eigenvalue weighted by molar-refractivity contribution is -0.137. The molecule has 0 aromatic heterocycles. The number of rotatable bonds is 5. The summed E-state index contributed by atoms with van der Waals surface area (Å²) in [6.07, 6.45) is 4.28. The zero-order chi connectivity index (χ0) is 10.2. The number of carbonyl (C=O) groups is 1. The van der Waals surface area contributed by atoms with Crippen LogP contribution in [-0.2, 0) is 9.53 Å². The topological polar surface area (TPSA) is 58.6 Å². The van der Waals surface area contributed by atoms with E-state index >= 15 is 0 Å². The van der Waals surface area contributed by atoms with Crippen LogP contribution in [0.1, 0.15) is 32.1 Å². The molecule has 0 bridgehead atoms. The SMILES string of the molecule is O=C(O)CCCNC1CCCOCC1. The third-order valence-electron chi connectivity index (χ3n) is 2.45. The Kier molecular flexibility index (Phi) is 5.56. The summed E-state index contributed by atoms with van der Waals surface area (Å²) in [5, 5.41) is 11.8. The predicted molar refractivity (Wildman–Crippen MR) is 53.3 cm³/mol. The van der Waals surface area contributed by atoms with Gasteiger partial charge in [-0.15, -0.1) is 0 Å². The summed E-state index contributed by atoms with van der Waals surface area (Å²) >= 11 is 0. The smallest absolute Gasteiger partial charge is 0.303 e. The van der Waals surface area contributed by atoms with Gasteiger partial charge in [-0.3, -0.25) is 4.79 Å². The van der Waals surface area contributed by atoms with E-state index in [-0.39, 0.29) is 6.42 Å². The number of ether oxygens (including phenoxy) is 1. The molecule has 0 spiro atoms. The van der Waals surface area contributed by atoms with Crippen LogP contribution in [0.15, 0.2) is 0 Å². The molecule has 1 heterocycles. The molecule has 0 saturated carbocycles. The Morgan fingerprint density at radius 3 is 3.07 bits per heavy atom. The van der Waals surface area contributed by atoms with Gasteiger partial charge in [0.2, 0.25) is 0 Å². The Morgan fingerprint density at radius 2 is 2.29 bits per heavy atom. The first kappa shape index (κ1) is 11.5. The normalized spacial score (nSPS) is 23.0. The van der Waals surface area contributed by atoms with Crippen LogP contribution < -0.4 is 5.32 Å². The lowest BCUT2D eigenvalue weighted by Crippen LogP contribution is -2.30. The molecule has 1 aliphatic rings. The van der Waals surface area contributed by atoms with Gasteiger partial charge in [0, 0.05) is 25.7 Å². The third kappa shape index (κ3) is 5.19. The third-order valence-corrected chi connectivity index (χ3v) is 2.45. The summed E-state index contributed by atoms with van der Waals surface area (Å²) in [7, 11) is 0. The summed E-state index contributed by atoms with van der Waals surface area (Å²) in [6, 6.07) is 0.520. The summed E-state index contributed by atoms with van der Waals surface area (Å²) < 4.78 is 5.34. The van der Waals surface area contributed by atoms with Gasteiger partial charge in [0.1, 0.15) is 0 Å². The molecule has 4 heteroatoms. The molecule has 1 atom stereocenters. The second-order valence-corrected chi connectivity index (χ2v) is 3.69. The monoisotopic (exact) mass is 201 g/mol. The Bertz CT molecular complexity index is 165. The highest BCUT2D eigenvalue weighted by atomic mass is 16.5. The Balaban J connectivity index is 2.01. The molecule has 1 aliphatic heterocycles. The van der Waals surface area contributed by atoms with Crippen LogP contribution in [0.5, 0.6) is 0 Å². The van der Waals surface area contributed by atoms with E-state index in [1.165, 1.54) is 0 Å². The zero-order valence-corrected chi connectivity index (χ0v) is 8.50. The second kappa shape index (κ2) is 6.79. The van der Waals surface area contributed by atoms with Crippen molar-refractivity contribution in [3.05, 3.63) is 0 Å². The van der Waals surface area contributed by atoms with Crippen molar-refractivity contribution in [2.24, 2.45) is 0 Å². The standard InChI is InChI=1S/C10H19NO3/c12-10(13)4-1-6-11-9-3-2-7-14-8-5-9/h9,11H,1-8H2,(H,12,13). The van der Waals surface area contributed by atoms with Crippen LogP contribution in [0.3, 0.4) is 0 Å². The number of carboxylic acid groups (broad SMARTS) is 1. The van der Waals surface area contributed by atoms with Gasteiger partial charge in [-0.2, -0.15) is 0 Å². The number of nitrogens with one attached hydrogen (secondary N) is 1. The van der Waals surface area contributed by atoms with E-state index in [0.29, 0.717) is 12.5 Å². The summed E-state index contributed by atoms with van der Waals surface area (Å²) in [5.74, 6) is -0.712. The van der Waals surface area contributed by atoms with Crippen molar-refractivity contribution in [2.45, 2.75) is 38.1 Å². The van der Waals surface area contributed by atoms with Crippen LogP contribution >= 0.6 is 0 Å². The van der Waals surface area contributed by atoms with Crippen LogP contribution in [0.2, 0.25) is 0 Å². The minimum absolute atomic E-state index is 0.260. The maximum atomic E-state index is 10.3. The van der Waals surface area contributed by atoms with Crippen molar-refractivity contribution < 1.29 is 14.6 Å². The molecule has 0 radical (unpaired) electrons. The van der Waals surface area contributed by atoms with Crippen LogP contribution in [0, 0.1) is 0 Å². The first-order valence-corrected chi connectivity index (χ1v) is 5.32. The zero-order valence-electron chi connectivity index (χ0n) is 8.50. The van der Waals surface area contributed by atoms with Gasteiger partial charge in [0.05, 0.1) is 0 Å². The number of carboxylic acids is 1. The molecule has 1 unspecified atom stereocenters. The summed E-state index contributed by atoms with van der Waals surface area (Å²) in [4.78, 5) is 10.3. The molecule has 0 aromatic carbocycles.